The molecule has 4 saturated heterocycles. The van der Waals surface area contributed by atoms with Crippen molar-refractivity contribution in [3.05, 3.63) is 0 Å². The van der Waals surface area contributed by atoms with Crippen LogP contribution >= 0.6 is 0 Å². The van der Waals surface area contributed by atoms with Crippen LogP contribution in [-0.2, 0) is 53.5 Å². The van der Waals surface area contributed by atoms with Gasteiger partial charge in [-0.2, -0.15) is 0 Å². The minimum absolute atomic E-state index is 1.57. The molecular weight excluding hydrogens is 741 g/mol. The first kappa shape index (κ1) is 38.2. The largest absolute Gasteiger partial charge is 0.644 e. The zero-order chi connectivity index (χ0) is 32.7. The zero-order valence-corrected chi connectivity index (χ0v) is 38.7. The molecule has 42 heavy (non-hydrogen) atoms. The lowest BCUT2D eigenvalue weighted by Crippen LogP contribution is -2.77. The lowest BCUT2D eigenvalue weighted by atomic mass is 11.9. The molecule has 2 N–H and O–H groups in total. The van der Waals surface area contributed by atoms with Crippen molar-refractivity contribution < 1.29 is 63.1 Å². The third-order valence-corrected chi connectivity index (χ3v) is 46.8. The summed E-state index contributed by atoms with van der Waals surface area (Å²) in [4.78, 5) is 20.8. The molecule has 4 aliphatic rings. The Balaban J connectivity index is 0.000000235. The molecule has 4 fully saturated rings. The second-order valence-electron chi connectivity index (χ2n) is 13.9. The molecule has 0 amide bonds. The number of hydrogen-bond donors (Lipinski definition) is 2. The topological polar surface area (TPSA) is 160 Å². The van der Waals surface area contributed by atoms with E-state index in [1.54, 1.807) is 13.1 Å². The second-order valence-corrected chi connectivity index (χ2v) is 49.7. The quantitative estimate of drug-likeness (QED) is 0.345. The summed E-state index contributed by atoms with van der Waals surface area (Å²) in [5.41, 5.74) is 0. The van der Waals surface area contributed by atoms with Gasteiger partial charge in [-0.1, -0.05) is 0 Å². The second kappa shape index (κ2) is 11.4. The van der Waals surface area contributed by atoms with Crippen molar-refractivity contribution in [2.75, 3.05) is 0 Å². The lowest BCUT2D eigenvalue weighted by molar-refractivity contribution is 0.0328. The van der Waals surface area contributed by atoms with Crippen LogP contribution in [0.25, 0.3) is 0 Å². The minimum atomic E-state index is -3.47. The van der Waals surface area contributed by atoms with E-state index in [1.807, 2.05) is 91.7 Å². The Morgan fingerprint density at radius 3 is 0.643 bits per heavy atom. The van der Waals surface area contributed by atoms with Crippen LogP contribution in [0.4, 0.5) is 0 Å². The highest BCUT2D eigenvalue weighted by Crippen LogP contribution is 2.40. The van der Waals surface area contributed by atoms with Gasteiger partial charge in [0.2, 0.25) is 0 Å². The summed E-state index contributed by atoms with van der Waals surface area (Å²) >= 11 is 0. The Bertz CT molecular complexity index is 910. The van der Waals surface area contributed by atoms with Crippen LogP contribution in [0.1, 0.15) is 0 Å². The van der Waals surface area contributed by atoms with E-state index < -0.39 is 95.6 Å². The molecule has 0 aromatic rings. The number of hydrogen-bond acceptors (Lipinski definition) is 15. The molecule has 0 aliphatic carbocycles. The Labute approximate surface area is 262 Å². The first-order chi connectivity index (χ1) is 18.2. The van der Waals surface area contributed by atoms with Crippen LogP contribution in [0, 0.1) is 0 Å². The fraction of sp³-hybridized carbons (Fsp3) is 1.00. The van der Waals surface area contributed by atoms with Crippen molar-refractivity contribution >= 4 is 95.6 Å². The van der Waals surface area contributed by atoms with Crippen LogP contribution in [0.2, 0.25) is 105 Å². The third kappa shape index (κ3) is 10.9. The summed E-state index contributed by atoms with van der Waals surface area (Å²) in [7, 11) is -31.2. The Kier molecular flexibility index (Phi) is 10.4. The summed E-state index contributed by atoms with van der Waals surface area (Å²) in [5, 5.41) is 0. The van der Waals surface area contributed by atoms with E-state index in [2.05, 4.69) is 0 Å². The Hall–Kier alpha value is 1.79. The van der Waals surface area contributed by atoms with Gasteiger partial charge >= 0.3 is 95.6 Å². The van der Waals surface area contributed by atoms with Gasteiger partial charge in [0.1, 0.15) is 0 Å². The first-order valence-electron chi connectivity index (χ1n) is 13.8. The van der Waals surface area contributed by atoms with Crippen LogP contribution in [0.5, 0.6) is 0 Å². The zero-order valence-electron chi connectivity index (χ0n) is 27.7. The molecule has 4 aliphatic heterocycles. The highest BCUT2D eigenvalue weighted by atomic mass is 28.6. The van der Waals surface area contributed by atoms with Gasteiger partial charge in [0.25, 0.3) is 0 Å². The molecule has 0 bridgehead atoms. The van der Waals surface area contributed by atoms with Crippen LogP contribution in [0.3, 0.4) is 0 Å². The van der Waals surface area contributed by atoms with Gasteiger partial charge in [-0.15, -0.1) is 0 Å². The van der Waals surface area contributed by atoms with Crippen LogP contribution < -0.4 is 0 Å². The molecule has 0 saturated carbocycles. The lowest BCUT2D eigenvalue weighted by Gasteiger charge is -2.52. The van der Waals surface area contributed by atoms with Gasteiger partial charge in [0, 0.05) is 13.1 Å². The van der Waals surface area contributed by atoms with Crippen molar-refractivity contribution in [1.29, 1.82) is 0 Å². The molecule has 0 radical (unpaired) electrons. The molecule has 1 atom stereocenters. The van der Waals surface area contributed by atoms with Crippen molar-refractivity contribution in [3.63, 3.8) is 0 Å². The van der Waals surface area contributed by atoms with Crippen LogP contribution in [0.15, 0.2) is 0 Å². The van der Waals surface area contributed by atoms with E-state index in [1.165, 1.54) is 0 Å². The fourth-order valence-electron chi connectivity index (χ4n) is 5.33. The molecule has 15 nitrogen and oxygen atoms in total. The highest BCUT2D eigenvalue weighted by Gasteiger charge is 2.70. The summed E-state index contributed by atoms with van der Waals surface area (Å²) in [5.74, 6) is 0. The van der Waals surface area contributed by atoms with E-state index in [-0.39, 0.29) is 0 Å². The van der Waals surface area contributed by atoms with Crippen molar-refractivity contribution in [1.82, 2.24) is 0 Å². The van der Waals surface area contributed by atoms with E-state index in [0.717, 1.165) is 0 Å². The van der Waals surface area contributed by atoms with Crippen molar-refractivity contribution in [3.8, 4) is 0 Å². The summed E-state index contributed by atoms with van der Waals surface area (Å²) in [6, 6.07) is 0. The molecule has 0 aromatic carbocycles. The standard InChI is InChI=1S/C9H28O8Si6.C7H22O7Si5/c1-18(2)11-19(3,4)15-23(14-18)16-20(5,6)12-22(9,10)13-21(7,8)17-23;1-15(2)9-16(3,4)12-19(11-15)13-17(5,6)10-18(7,8)14-19/h10H,1-9H3;8H,1-7H3. The van der Waals surface area contributed by atoms with Gasteiger partial charge in [-0.25, -0.2) is 0 Å². The minimum Gasteiger partial charge on any atom is -0.416 e. The SMILES string of the molecule is C[Si]1(C)O[Si](C)(C)O[Si]2(O1)O[Si](C)(C)O[Si](C)(O)O2.C[Si]1(C)O[Si](C)(C)O[Si]2(O1)O[Si](C)(C)O[Si](C)(O)O[Si](C)(C)O2. The number of rotatable bonds is 0. The summed E-state index contributed by atoms with van der Waals surface area (Å²) < 4.78 is 77.8. The predicted octanol–water partition coefficient (Wildman–Crippen LogP) is 3.15. The van der Waals surface area contributed by atoms with E-state index >= 15 is 0 Å². The average molecular weight is 792 g/mol. The van der Waals surface area contributed by atoms with Crippen molar-refractivity contribution in [2.24, 2.45) is 0 Å². The maximum atomic E-state index is 10.5. The molecule has 0 aromatic heterocycles. The summed E-state index contributed by atoms with van der Waals surface area (Å²) in [6.45, 7) is 29.8. The highest BCUT2D eigenvalue weighted by molar-refractivity contribution is 6.97. The normalized spacial score (nSPS) is 36.1. The van der Waals surface area contributed by atoms with Crippen LogP contribution in [-0.4, -0.2) is 105 Å². The third-order valence-electron chi connectivity index (χ3n) is 5.20. The van der Waals surface area contributed by atoms with Gasteiger partial charge < -0.3 is 63.1 Å². The maximum absolute atomic E-state index is 10.5. The van der Waals surface area contributed by atoms with Crippen molar-refractivity contribution in [2.45, 2.75) is 105 Å². The van der Waals surface area contributed by atoms with Gasteiger partial charge in [0.15, 0.2) is 0 Å². The van der Waals surface area contributed by atoms with E-state index in [4.69, 9.17) is 53.5 Å². The predicted molar refractivity (Wildman–Crippen MR) is 176 cm³/mol. The smallest absolute Gasteiger partial charge is 0.416 e. The van der Waals surface area contributed by atoms with Gasteiger partial charge in [-0.3, -0.25) is 0 Å². The first-order valence-corrected chi connectivity index (χ1v) is 41.3. The van der Waals surface area contributed by atoms with E-state index in [0.29, 0.717) is 0 Å². The summed E-state index contributed by atoms with van der Waals surface area (Å²) in [6.07, 6.45) is 0. The van der Waals surface area contributed by atoms with E-state index in [9.17, 15) is 9.59 Å². The molecule has 2 spiro atoms. The molecule has 4 heterocycles. The van der Waals surface area contributed by atoms with Gasteiger partial charge in [0.05, 0.1) is 0 Å². The molecule has 26 heteroatoms. The average Bonchev–Trinajstić information content (AvgIpc) is 2.46. The fourth-order valence-corrected chi connectivity index (χ4v) is 55.8. The molecule has 1 unspecified atom stereocenters. The monoisotopic (exact) mass is 790 g/mol. The molecule has 248 valence electrons. The molecular formula is C16H50O15Si11. The Morgan fingerprint density at radius 2 is 0.405 bits per heavy atom. The molecule has 4 rings (SSSR count). The Morgan fingerprint density at radius 1 is 0.238 bits per heavy atom. The van der Waals surface area contributed by atoms with Gasteiger partial charge in [-0.05, 0) is 91.7 Å². The maximum Gasteiger partial charge on any atom is 0.644 e.